The third-order valence-electron chi connectivity index (χ3n) is 3.12. The van der Waals surface area contributed by atoms with Gasteiger partial charge in [-0.05, 0) is 57.2 Å². The Hall–Kier alpha value is -1.35. The second-order valence-corrected chi connectivity index (χ2v) is 4.76. The van der Waals surface area contributed by atoms with Crippen LogP contribution >= 0.6 is 0 Å². The number of rotatable bonds is 4. The van der Waals surface area contributed by atoms with E-state index in [0.29, 0.717) is 6.42 Å². The predicted octanol–water partition coefficient (Wildman–Crippen LogP) is 1.72. The lowest BCUT2D eigenvalue weighted by Gasteiger charge is -2.17. The predicted molar refractivity (Wildman–Crippen MR) is 69.1 cm³/mol. The summed E-state index contributed by atoms with van der Waals surface area (Å²) in [6.45, 7) is 1.79. The topological polar surface area (TPSA) is 23.6 Å². The molecule has 0 aromatic heterocycles. The first-order valence-electron chi connectivity index (χ1n) is 6.12. The van der Waals surface area contributed by atoms with Crippen LogP contribution in [0.3, 0.4) is 0 Å². The highest BCUT2D eigenvalue weighted by Gasteiger charge is 2.23. The maximum Gasteiger partial charge on any atom is 0.227 e. The van der Waals surface area contributed by atoms with Crippen molar-refractivity contribution in [3.63, 3.8) is 0 Å². The lowest BCUT2D eigenvalue weighted by atomic mass is 10.2. The van der Waals surface area contributed by atoms with Crippen molar-refractivity contribution in [2.45, 2.75) is 19.3 Å². The van der Waals surface area contributed by atoms with Gasteiger partial charge in [0.05, 0.1) is 0 Å². The van der Waals surface area contributed by atoms with Crippen molar-refractivity contribution in [2.75, 3.05) is 32.1 Å². The molecule has 0 fully saturated rings. The number of carbonyl (C=O) groups excluding carboxylic acids is 1. The summed E-state index contributed by atoms with van der Waals surface area (Å²) in [6.07, 6.45) is 2.53. The van der Waals surface area contributed by atoms with Crippen molar-refractivity contribution in [1.29, 1.82) is 0 Å². The van der Waals surface area contributed by atoms with Crippen LogP contribution in [0.15, 0.2) is 18.2 Å². The van der Waals surface area contributed by atoms with Crippen molar-refractivity contribution in [2.24, 2.45) is 0 Å². The van der Waals surface area contributed by atoms with E-state index in [1.54, 1.807) is 0 Å². The van der Waals surface area contributed by atoms with Crippen molar-refractivity contribution in [1.82, 2.24) is 4.90 Å². The van der Waals surface area contributed by atoms with E-state index < -0.39 is 0 Å². The first-order valence-corrected chi connectivity index (χ1v) is 6.12. The highest BCUT2D eigenvalue weighted by Crippen LogP contribution is 2.27. The Morgan fingerprint density at radius 1 is 1.53 bits per heavy atom. The maximum absolute atomic E-state index is 12.1. The third-order valence-corrected chi connectivity index (χ3v) is 3.12. The quantitative estimate of drug-likeness (QED) is 0.787. The van der Waals surface area contributed by atoms with Gasteiger partial charge in [-0.15, -0.1) is 0 Å². The van der Waals surface area contributed by atoms with Gasteiger partial charge in [-0.1, -0.05) is 6.07 Å². The Kier molecular flexibility index (Phi) is 3.79. The maximum atomic E-state index is 12.1. The molecule has 2 rings (SSSR count). The molecule has 0 bridgehead atoms. The zero-order chi connectivity index (χ0) is 12.3. The number of carbonyl (C=O) groups is 1. The molecule has 0 saturated carbocycles. The molecule has 0 aliphatic carbocycles. The summed E-state index contributed by atoms with van der Waals surface area (Å²) in [5.74, 6) is 0.247. The highest BCUT2D eigenvalue weighted by molar-refractivity contribution is 5.95. The van der Waals surface area contributed by atoms with E-state index in [1.165, 1.54) is 5.56 Å². The minimum absolute atomic E-state index is 0.247. The molecule has 1 aliphatic rings. The van der Waals surface area contributed by atoms with Crippen LogP contribution in [0.1, 0.15) is 18.4 Å². The number of hydrogen-bond donors (Lipinski definition) is 0. The van der Waals surface area contributed by atoms with E-state index in [1.807, 2.05) is 37.2 Å². The van der Waals surface area contributed by atoms with Gasteiger partial charge in [0.15, 0.2) is 0 Å². The molecule has 0 saturated heterocycles. The van der Waals surface area contributed by atoms with E-state index in [9.17, 15) is 4.79 Å². The molecule has 0 atom stereocenters. The fourth-order valence-corrected chi connectivity index (χ4v) is 2.21. The lowest BCUT2D eigenvalue weighted by Crippen LogP contribution is -2.29. The first-order chi connectivity index (χ1) is 8.18. The summed E-state index contributed by atoms with van der Waals surface area (Å²) in [6, 6.07) is 8.93. The molecule has 1 heterocycles. The first kappa shape index (κ1) is 12.1. The number of amides is 1. The summed E-state index contributed by atoms with van der Waals surface area (Å²) in [5.41, 5.74) is 2.33. The van der Waals surface area contributed by atoms with Crippen LogP contribution in [-0.2, 0) is 11.2 Å². The van der Waals surface area contributed by atoms with Gasteiger partial charge in [-0.2, -0.15) is 0 Å². The van der Waals surface area contributed by atoms with Gasteiger partial charge >= 0.3 is 0 Å². The minimum Gasteiger partial charge on any atom is -0.312 e. The zero-order valence-corrected chi connectivity index (χ0v) is 10.6. The average molecular weight is 231 g/mol. The molecule has 1 amide bonds. The van der Waals surface area contributed by atoms with Crippen molar-refractivity contribution in [3.8, 4) is 0 Å². The summed E-state index contributed by atoms with van der Waals surface area (Å²) in [5, 5.41) is 0. The van der Waals surface area contributed by atoms with Crippen molar-refractivity contribution < 1.29 is 4.79 Å². The average Bonchev–Trinajstić information content (AvgIpc) is 2.72. The molecule has 1 aliphatic heterocycles. The lowest BCUT2D eigenvalue weighted by molar-refractivity contribution is -0.118. The Labute approximate surface area is 103 Å². The minimum atomic E-state index is 0.247. The van der Waals surface area contributed by atoms with Crippen LogP contribution in [-0.4, -0.2) is 38.0 Å². The second-order valence-electron chi connectivity index (χ2n) is 4.76. The van der Waals surface area contributed by atoms with Gasteiger partial charge in [0, 0.05) is 18.7 Å². The number of anilines is 1. The molecule has 3 nitrogen and oxygen atoms in total. The van der Waals surface area contributed by atoms with E-state index in [2.05, 4.69) is 11.0 Å². The largest absolute Gasteiger partial charge is 0.312 e. The molecular formula is C14H19N2O. The van der Waals surface area contributed by atoms with Crippen LogP contribution in [0.25, 0.3) is 0 Å². The number of fused-ring (bicyclic) bond motifs is 1. The number of benzene rings is 1. The van der Waals surface area contributed by atoms with E-state index in [4.69, 9.17) is 0 Å². The summed E-state index contributed by atoms with van der Waals surface area (Å²) in [7, 11) is 4.07. The summed E-state index contributed by atoms with van der Waals surface area (Å²) in [4.78, 5) is 16.1. The SMILES string of the molecule is CN(C)CCCC(=O)N1CCc2c[c]ccc21. The van der Waals surface area contributed by atoms with E-state index in [-0.39, 0.29) is 5.91 Å². The van der Waals surface area contributed by atoms with Gasteiger partial charge in [-0.25, -0.2) is 0 Å². The molecule has 17 heavy (non-hydrogen) atoms. The van der Waals surface area contributed by atoms with Crippen molar-refractivity contribution >= 4 is 11.6 Å². The highest BCUT2D eigenvalue weighted by atomic mass is 16.2. The van der Waals surface area contributed by atoms with Gasteiger partial charge < -0.3 is 9.80 Å². The second kappa shape index (κ2) is 5.32. The fourth-order valence-electron chi connectivity index (χ4n) is 2.21. The van der Waals surface area contributed by atoms with E-state index in [0.717, 1.165) is 31.6 Å². The van der Waals surface area contributed by atoms with Crippen LogP contribution in [0.4, 0.5) is 5.69 Å². The zero-order valence-electron chi connectivity index (χ0n) is 10.6. The molecule has 0 unspecified atom stereocenters. The molecule has 0 spiro atoms. The molecule has 3 heteroatoms. The van der Waals surface area contributed by atoms with Crippen LogP contribution in [0.5, 0.6) is 0 Å². The Balaban J connectivity index is 1.93. The molecule has 0 N–H and O–H groups in total. The van der Waals surface area contributed by atoms with Gasteiger partial charge in [0.1, 0.15) is 0 Å². The Morgan fingerprint density at radius 3 is 3.12 bits per heavy atom. The van der Waals surface area contributed by atoms with Gasteiger partial charge in [0.25, 0.3) is 0 Å². The van der Waals surface area contributed by atoms with Crippen molar-refractivity contribution in [3.05, 3.63) is 29.8 Å². The summed E-state index contributed by atoms with van der Waals surface area (Å²) < 4.78 is 0. The smallest absolute Gasteiger partial charge is 0.227 e. The Bertz CT molecular complexity index is 401. The molecule has 91 valence electrons. The Morgan fingerprint density at radius 2 is 2.35 bits per heavy atom. The molecule has 1 aromatic rings. The van der Waals surface area contributed by atoms with E-state index >= 15 is 0 Å². The van der Waals surface area contributed by atoms with Crippen LogP contribution in [0, 0.1) is 6.07 Å². The van der Waals surface area contributed by atoms with Gasteiger partial charge in [-0.3, -0.25) is 4.79 Å². The molecule has 1 radical (unpaired) electrons. The summed E-state index contributed by atoms with van der Waals surface area (Å²) >= 11 is 0. The van der Waals surface area contributed by atoms with Crippen LogP contribution < -0.4 is 4.90 Å². The number of nitrogens with zero attached hydrogens (tertiary/aromatic N) is 2. The normalized spacial score (nSPS) is 14.2. The van der Waals surface area contributed by atoms with Gasteiger partial charge in [0.2, 0.25) is 5.91 Å². The third kappa shape index (κ3) is 2.86. The molecular weight excluding hydrogens is 212 g/mol. The number of hydrogen-bond acceptors (Lipinski definition) is 2. The monoisotopic (exact) mass is 231 g/mol. The van der Waals surface area contributed by atoms with Crippen LogP contribution in [0.2, 0.25) is 0 Å². The fraction of sp³-hybridized carbons (Fsp3) is 0.500. The standard InChI is InChI=1S/C14H19N2O/c1-15(2)10-5-8-14(17)16-11-9-12-6-3-4-7-13(12)16/h4,6-7H,5,8-11H2,1-2H3. The molecule has 1 aromatic carbocycles.